The van der Waals surface area contributed by atoms with E-state index in [-0.39, 0.29) is 0 Å². The second kappa shape index (κ2) is 6.74. The Bertz CT molecular complexity index is 632. The fraction of sp³-hybridized carbons (Fsp3) is 0.200. The Morgan fingerprint density at radius 1 is 1.05 bits per heavy atom. The molecule has 0 aliphatic carbocycles. The minimum absolute atomic E-state index is 0.822. The van der Waals surface area contributed by atoms with Crippen LogP contribution in [0.4, 0.5) is 0 Å². The molecule has 3 heterocycles. The van der Waals surface area contributed by atoms with Crippen LogP contribution in [0.25, 0.3) is 9.75 Å². The van der Waals surface area contributed by atoms with Gasteiger partial charge in [0.25, 0.3) is 0 Å². The van der Waals surface area contributed by atoms with Gasteiger partial charge >= 0.3 is 0 Å². The van der Waals surface area contributed by atoms with Gasteiger partial charge in [0.05, 0.1) is 4.88 Å². The molecule has 0 atom stereocenters. The molecule has 0 spiro atoms. The molecule has 0 fully saturated rings. The van der Waals surface area contributed by atoms with Crippen molar-refractivity contribution in [2.24, 2.45) is 0 Å². The maximum absolute atomic E-state index is 4.46. The minimum atomic E-state index is 0.822. The van der Waals surface area contributed by atoms with Gasteiger partial charge in [-0.3, -0.25) is 4.98 Å². The lowest BCUT2D eigenvalue weighted by Crippen LogP contribution is -2.16. The second-order valence-electron chi connectivity index (χ2n) is 4.34. The van der Waals surface area contributed by atoms with E-state index in [4.69, 9.17) is 0 Å². The topological polar surface area (TPSA) is 37.8 Å². The molecule has 3 aromatic rings. The number of rotatable bonds is 6. The van der Waals surface area contributed by atoms with Crippen LogP contribution in [0.15, 0.2) is 48.1 Å². The molecule has 0 saturated carbocycles. The average molecular weight is 301 g/mol. The van der Waals surface area contributed by atoms with E-state index >= 15 is 0 Å². The van der Waals surface area contributed by atoms with Crippen LogP contribution in [0.2, 0.25) is 0 Å². The van der Waals surface area contributed by atoms with E-state index in [1.165, 1.54) is 9.75 Å². The molecule has 0 bridgehead atoms. The first kappa shape index (κ1) is 13.4. The van der Waals surface area contributed by atoms with Gasteiger partial charge in [0.1, 0.15) is 5.01 Å². The summed E-state index contributed by atoms with van der Waals surface area (Å²) < 4.78 is 0. The van der Waals surface area contributed by atoms with E-state index in [2.05, 4.69) is 38.9 Å². The Kier molecular flexibility index (Phi) is 4.53. The van der Waals surface area contributed by atoms with E-state index in [1.807, 2.05) is 24.5 Å². The quantitative estimate of drug-likeness (QED) is 0.707. The van der Waals surface area contributed by atoms with Crippen molar-refractivity contribution in [3.05, 3.63) is 58.8 Å². The monoisotopic (exact) mass is 301 g/mol. The Hall–Kier alpha value is -1.56. The van der Waals surface area contributed by atoms with Gasteiger partial charge in [-0.1, -0.05) is 12.1 Å². The van der Waals surface area contributed by atoms with Crippen LogP contribution >= 0.6 is 22.7 Å². The molecule has 0 aromatic carbocycles. The van der Waals surface area contributed by atoms with Gasteiger partial charge in [0.15, 0.2) is 0 Å². The van der Waals surface area contributed by atoms with Gasteiger partial charge in [-0.25, -0.2) is 4.98 Å². The van der Waals surface area contributed by atoms with Crippen molar-refractivity contribution in [2.75, 3.05) is 6.54 Å². The number of hydrogen-bond donors (Lipinski definition) is 1. The number of thiazole rings is 1. The van der Waals surface area contributed by atoms with Crippen molar-refractivity contribution in [2.45, 2.75) is 13.0 Å². The van der Waals surface area contributed by atoms with Crippen LogP contribution in [0.5, 0.6) is 0 Å². The van der Waals surface area contributed by atoms with Crippen LogP contribution in [-0.4, -0.2) is 16.5 Å². The SMILES string of the molecule is c1ccc(CCNCc2ncc(-c3cccs3)s2)nc1. The van der Waals surface area contributed by atoms with E-state index < -0.39 is 0 Å². The number of nitrogens with one attached hydrogen (secondary N) is 1. The van der Waals surface area contributed by atoms with Crippen LogP contribution < -0.4 is 5.32 Å². The summed E-state index contributed by atoms with van der Waals surface area (Å²) in [5.41, 5.74) is 1.12. The van der Waals surface area contributed by atoms with Crippen LogP contribution in [-0.2, 0) is 13.0 Å². The normalized spacial score (nSPS) is 10.8. The molecule has 3 rings (SSSR count). The summed E-state index contributed by atoms with van der Waals surface area (Å²) in [6.07, 6.45) is 4.75. The molecule has 0 aliphatic rings. The molecule has 0 amide bonds. The number of nitrogens with zero attached hydrogens (tertiary/aromatic N) is 2. The standard InChI is InChI=1S/C15H15N3S2/c1-2-7-17-12(4-1)6-8-16-11-15-18-10-14(20-15)13-5-3-9-19-13/h1-5,7,9-10,16H,6,8,11H2. The van der Waals surface area contributed by atoms with Gasteiger partial charge in [-0.15, -0.1) is 22.7 Å². The molecule has 1 N–H and O–H groups in total. The maximum Gasteiger partial charge on any atom is 0.107 e. The van der Waals surface area contributed by atoms with Crippen molar-refractivity contribution >= 4 is 22.7 Å². The van der Waals surface area contributed by atoms with E-state index in [0.29, 0.717) is 0 Å². The number of thiophene rings is 1. The summed E-state index contributed by atoms with van der Waals surface area (Å²) in [6.45, 7) is 1.74. The van der Waals surface area contributed by atoms with Crippen molar-refractivity contribution in [3.63, 3.8) is 0 Å². The molecule has 20 heavy (non-hydrogen) atoms. The first-order chi connectivity index (χ1) is 9.92. The number of pyridine rings is 1. The van der Waals surface area contributed by atoms with Crippen molar-refractivity contribution < 1.29 is 0 Å². The van der Waals surface area contributed by atoms with Gasteiger partial charge in [-0.2, -0.15) is 0 Å². The predicted molar refractivity (Wildman–Crippen MR) is 85.1 cm³/mol. The highest BCUT2D eigenvalue weighted by Gasteiger charge is 2.04. The molecule has 5 heteroatoms. The zero-order valence-corrected chi connectivity index (χ0v) is 12.6. The minimum Gasteiger partial charge on any atom is -0.310 e. The van der Waals surface area contributed by atoms with Crippen molar-refractivity contribution in [3.8, 4) is 9.75 Å². The Labute approximate surface area is 126 Å². The molecule has 0 unspecified atom stereocenters. The molecule has 0 radical (unpaired) electrons. The third-order valence-corrected chi connectivity index (χ3v) is 4.94. The number of hydrogen-bond acceptors (Lipinski definition) is 5. The summed E-state index contributed by atoms with van der Waals surface area (Å²) in [6, 6.07) is 10.2. The summed E-state index contributed by atoms with van der Waals surface area (Å²) in [5.74, 6) is 0. The highest BCUT2D eigenvalue weighted by atomic mass is 32.1. The van der Waals surface area contributed by atoms with Crippen molar-refractivity contribution in [1.82, 2.24) is 15.3 Å². The van der Waals surface area contributed by atoms with Gasteiger partial charge < -0.3 is 5.32 Å². The molecule has 0 aliphatic heterocycles. The van der Waals surface area contributed by atoms with E-state index in [9.17, 15) is 0 Å². The Morgan fingerprint density at radius 2 is 2.05 bits per heavy atom. The fourth-order valence-corrected chi connectivity index (χ4v) is 3.59. The summed E-state index contributed by atoms with van der Waals surface area (Å²) >= 11 is 3.51. The summed E-state index contributed by atoms with van der Waals surface area (Å²) in [7, 11) is 0. The lowest BCUT2D eigenvalue weighted by atomic mass is 10.3. The highest BCUT2D eigenvalue weighted by Crippen LogP contribution is 2.29. The van der Waals surface area contributed by atoms with Crippen LogP contribution in [0.3, 0.4) is 0 Å². The zero-order valence-electron chi connectivity index (χ0n) is 11.0. The zero-order chi connectivity index (χ0) is 13.6. The van der Waals surface area contributed by atoms with E-state index in [0.717, 1.165) is 30.2 Å². The molecule has 3 nitrogen and oxygen atoms in total. The molecular formula is C15H15N3S2. The van der Waals surface area contributed by atoms with E-state index in [1.54, 1.807) is 22.7 Å². The van der Waals surface area contributed by atoms with Gasteiger partial charge in [0, 0.05) is 42.5 Å². The smallest absolute Gasteiger partial charge is 0.107 e. The summed E-state index contributed by atoms with van der Waals surface area (Å²) in [4.78, 5) is 11.3. The third-order valence-electron chi connectivity index (χ3n) is 2.88. The molecule has 102 valence electrons. The van der Waals surface area contributed by atoms with Gasteiger partial charge in [-0.05, 0) is 23.6 Å². The van der Waals surface area contributed by atoms with Crippen LogP contribution in [0.1, 0.15) is 10.7 Å². The Morgan fingerprint density at radius 3 is 2.85 bits per heavy atom. The summed E-state index contributed by atoms with van der Waals surface area (Å²) in [5, 5.41) is 6.65. The molecule has 3 aromatic heterocycles. The molecular weight excluding hydrogens is 286 g/mol. The highest BCUT2D eigenvalue weighted by molar-refractivity contribution is 7.21. The fourth-order valence-electron chi connectivity index (χ4n) is 1.88. The van der Waals surface area contributed by atoms with Crippen LogP contribution in [0, 0.1) is 0 Å². The average Bonchev–Trinajstić information content (AvgIpc) is 3.15. The van der Waals surface area contributed by atoms with Gasteiger partial charge in [0.2, 0.25) is 0 Å². The first-order valence-electron chi connectivity index (χ1n) is 6.51. The third kappa shape index (κ3) is 3.50. The lowest BCUT2D eigenvalue weighted by Gasteiger charge is -2.01. The lowest BCUT2D eigenvalue weighted by molar-refractivity contribution is 0.677. The number of aromatic nitrogens is 2. The predicted octanol–water partition coefficient (Wildman–Crippen LogP) is 3.60. The largest absolute Gasteiger partial charge is 0.310 e. The van der Waals surface area contributed by atoms with Crippen molar-refractivity contribution in [1.29, 1.82) is 0 Å². The Balaban J connectivity index is 1.47. The maximum atomic E-state index is 4.46. The second-order valence-corrected chi connectivity index (χ2v) is 6.41. The first-order valence-corrected chi connectivity index (χ1v) is 8.20. The molecule has 0 saturated heterocycles.